The molecule has 1 aliphatic rings. The summed E-state index contributed by atoms with van der Waals surface area (Å²) >= 11 is 0. The molecule has 1 fully saturated rings. The minimum Gasteiger partial charge on any atom is -0.337 e. The maximum Gasteiger partial charge on any atom is 0.254 e. The molecule has 4 heterocycles. The van der Waals surface area contributed by atoms with E-state index in [-0.39, 0.29) is 11.9 Å². The quantitative estimate of drug-likeness (QED) is 0.586. The lowest BCUT2D eigenvalue weighted by molar-refractivity contribution is 0.0791. The summed E-state index contributed by atoms with van der Waals surface area (Å²) in [6.07, 6.45) is 6.11. The van der Waals surface area contributed by atoms with E-state index in [2.05, 4.69) is 10.1 Å². The molecule has 0 bridgehead atoms. The average Bonchev–Trinajstić information content (AvgIpc) is 3.39. The topological polar surface area (TPSA) is 89.4 Å². The van der Waals surface area contributed by atoms with E-state index in [0.29, 0.717) is 30.0 Å². The van der Waals surface area contributed by atoms with E-state index in [1.807, 2.05) is 42.6 Å². The van der Waals surface area contributed by atoms with Gasteiger partial charge in [0.1, 0.15) is 0 Å². The van der Waals surface area contributed by atoms with Gasteiger partial charge in [-0.3, -0.25) is 9.78 Å². The van der Waals surface area contributed by atoms with Crippen LogP contribution in [0.5, 0.6) is 0 Å². The highest BCUT2D eigenvalue weighted by molar-refractivity contribution is 5.95. The lowest BCUT2D eigenvalue weighted by Crippen LogP contribution is -2.31. The Bertz CT molecular complexity index is 1190. The van der Waals surface area contributed by atoms with Crippen LogP contribution in [0.1, 0.15) is 16.8 Å². The van der Waals surface area contributed by atoms with Crippen LogP contribution in [0.3, 0.4) is 0 Å². The van der Waals surface area contributed by atoms with E-state index in [9.17, 15) is 4.79 Å². The standard InChI is InChI=1S/C22H20N6O/c23-17-7-10-27(14-17)22(29)16-6-9-24-20(12-16)18-13-25-28-11-8-19(26-21(18)28)15-4-2-1-3-5-15/h1-6,8-9,11-13,17H,7,10,14,23H2. The Morgan fingerprint density at radius 3 is 2.76 bits per heavy atom. The van der Waals surface area contributed by atoms with Gasteiger partial charge in [0.15, 0.2) is 5.65 Å². The number of benzene rings is 1. The molecule has 0 spiro atoms. The number of aromatic nitrogens is 4. The summed E-state index contributed by atoms with van der Waals surface area (Å²) < 4.78 is 1.72. The molecule has 1 saturated heterocycles. The number of pyridine rings is 1. The molecule has 1 unspecified atom stereocenters. The van der Waals surface area contributed by atoms with Crippen molar-refractivity contribution >= 4 is 11.6 Å². The zero-order valence-corrected chi connectivity index (χ0v) is 15.8. The molecule has 3 aromatic heterocycles. The van der Waals surface area contributed by atoms with Crippen molar-refractivity contribution in [3.05, 3.63) is 72.7 Å². The molecule has 0 aliphatic carbocycles. The first-order valence-electron chi connectivity index (χ1n) is 9.60. The van der Waals surface area contributed by atoms with Crippen molar-refractivity contribution in [2.45, 2.75) is 12.5 Å². The van der Waals surface area contributed by atoms with E-state index in [0.717, 1.165) is 23.2 Å². The molecule has 1 aromatic carbocycles. The van der Waals surface area contributed by atoms with Gasteiger partial charge >= 0.3 is 0 Å². The molecular weight excluding hydrogens is 364 g/mol. The van der Waals surface area contributed by atoms with Crippen molar-refractivity contribution in [3.8, 4) is 22.5 Å². The van der Waals surface area contributed by atoms with Gasteiger partial charge in [-0.25, -0.2) is 9.50 Å². The maximum atomic E-state index is 12.8. The smallest absolute Gasteiger partial charge is 0.254 e. The van der Waals surface area contributed by atoms with Gasteiger partial charge in [-0.1, -0.05) is 30.3 Å². The fourth-order valence-corrected chi connectivity index (χ4v) is 3.68. The van der Waals surface area contributed by atoms with Crippen molar-refractivity contribution in [2.75, 3.05) is 13.1 Å². The fourth-order valence-electron chi connectivity index (χ4n) is 3.68. The van der Waals surface area contributed by atoms with Crippen LogP contribution >= 0.6 is 0 Å². The summed E-state index contributed by atoms with van der Waals surface area (Å²) in [6.45, 7) is 1.28. The first-order chi connectivity index (χ1) is 14.2. The molecule has 4 aromatic rings. The molecule has 0 saturated carbocycles. The van der Waals surface area contributed by atoms with Crippen LogP contribution in [0, 0.1) is 0 Å². The Balaban J connectivity index is 1.53. The van der Waals surface area contributed by atoms with Crippen LogP contribution < -0.4 is 5.73 Å². The van der Waals surface area contributed by atoms with Crippen LogP contribution in [0.25, 0.3) is 28.2 Å². The molecule has 5 rings (SSSR count). The summed E-state index contributed by atoms with van der Waals surface area (Å²) in [5.41, 5.74) is 10.6. The van der Waals surface area contributed by atoms with Crippen molar-refractivity contribution in [3.63, 3.8) is 0 Å². The molecule has 0 radical (unpaired) electrons. The maximum absolute atomic E-state index is 12.8. The highest BCUT2D eigenvalue weighted by Crippen LogP contribution is 2.25. The molecule has 2 N–H and O–H groups in total. The van der Waals surface area contributed by atoms with Crippen molar-refractivity contribution < 1.29 is 4.79 Å². The summed E-state index contributed by atoms with van der Waals surface area (Å²) in [4.78, 5) is 23.9. The number of rotatable bonds is 3. The highest BCUT2D eigenvalue weighted by Gasteiger charge is 2.25. The summed E-state index contributed by atoms with van der Waals surface area (Å²) in [6, 6.07) is 15.5. The largest absolute Gasteiger partial charge is 0.337 e. The van der Waals surface area contributed by atoms with Crippen LogP contribution in [0.15, 0.2) is 67.1 Å². The van der Waals surface area contributed by atoms with Gasteiger partial charge in [-0.05, 0) is 24.6 Å². The van der Waals surface area contributed by atoms with Crippen molar-refractivity contribution in [2.24, 2.45) is 5.73 Å². The predicted octanol–water partition coefficient (Wildman–Crippen LogP) is 2.63. The second-order valence-corrected chi connectivity index (χ2v) is 7.23. The Morgan fingerprint density at radius 2 is 1.97 bits per heavy atom. The minimum atomic E-state index is -0.0176. The van der Waals surface area contributed by atoms with Crippen molar-refractivity contribution in [1.82, 2.24) is 24.5 Å². The number of fused-ring (bicyclic) bond motifs is 1. The van der Waals surface area contributed by atoms with Gasteiger partial charge in [0.2, 0.25) is 0 Å². The number of likely N-dealkylation sites (tertiary alicyclic amines) is 1. The second kappa shape index (κ2) is 7.10. The third kappa shape index (κ3) is 3.25. The van der Waals surface area contributed by atoms with E-state index in [1.54, 1.807) is 33.9 Å². The molecule has 1 aliphatic heterocycles. The number of nitrogens with two attached hydrogens (primary N) is 1. The third-order valence-corrected chi connectivity index (χ3v) is 5.23. The van der Waals surface area contributed by atoms with Crippen LogP contribution in [-0.4, -0.2) is 49.5 Å². The number of hydrogen-bond donors (Lipinski definition) is 1. The van der Waals surface area contributed by atoms with Crippen LogP contribution in [0.4, 0.5) is 0 Å². The molecular formula is C22H20N6O. The molecule has 29 heavy (non-hydrogen) atoms. The van der Waals surface area contributed by atoms with Gasteiger partial charge in [-0.15, -0.1) is 0 Å². The number of hydrogen-bond acceptors (Lipinski definition) is 5. The van der Waals surface area contributed by atoms with Crippen LogP contribution in [-0.2, 0) is 0 Å². The van der Waals surface area contributed by atoms with Crippen LogP contribution in [0.2, 0.25) is 0 Å². The molecule has 7 nitrogen and oxygen atoms in total. The van der Waals surface area contributed by atoms with Gasteiger partial charge in [0.25, 0.3) is 5.91 Å². The molecule has 1 amide bonds. The number of carbonyl (C=O) groups is 1. The normalized spacial score (nSPS) is 16.4. The number of carbonyl (C=O) groups excluding carboxylic acids is 1. The summed E-state index contributed by atoms with van der Waals surface area (Å²) in [5, 5.41) is 4.39. The first kappa shape index (κ1) is 17.5. The van der Waals surface area contributed by atoms with Gasteiger partial charge < -0.3 is 10.6 Å². The Morgan fingerprint density at radius 1 is 1.10 bits per heavy atom. The SMILES string of the molecule is NC1CCN(C(=O)c2ccnc(-c3cnn4ccc(-c5ccccc5)nc34)c2)C1. The van der Waals surface area contributed by atoms with Gasteiger partial charge in [0, 0.05) is 42.7 Å². The lowest BCUT2D eigenvalue weighted by atomic mass is 10.1. The Hall–Kier alpha value is -3.58. The van der Waals surface area contributed by atoms with E-state index in [4.69, 9.17) is 10.7 Å². The van der Waals surface area contributed by atoms with E-state index in [1.165, 1.54) is 0 Å². The van der Waals surface area contributed by atoms with E-state index < -0.39 is 0 Å². The summed E-state index contributed by atoms with van der Waals surface area (Å²) in [5.74, 6) is -0.0176. The van der Waals surface area contributed by atoms with E-state index >= 15 is 0 Å². The fraction of sp³-hybridized carbons (Fsp3) is 0.182. The summed E-state index contributed by atoms with van der Waals surface area (Å²) in [7, 11) is 0. The van der Waals surface area contributed by atoms with Gasteiger partial charge in [-0.2, -0.15) is 5.10 Å². The average molecular weight is 384 g/mol. The van der Waals surface area contributed by atoms with Crippen molar-refractivity contribution in [1.29, 1.82) is 0 Å². The molecule has 144 valence electrons. The highest BCUT2D eigenvalue weighted by atomic mass is 16.2. The number of nitrogens with zero attached hydrogens (tertiary/aromatic N) is 5. The molecule has 7 heteroatoms. The zero-order valence-electron chi connectivity index (χ0n) is 15.8. The monoisotopic (exact) mass is 384 g/mol. The zero-order chi connectivity index (χ0) is 19.8. The molecule has 1 atom stereocenters. The number of amides is 1. The first-order valence-corrected chi connectivity index (χ1v) is 9.60. The predicted molar refractivity (Wildman–Crippen MR) is 110 cm³/mol. The lowest BCUT2D eigenvalue weighted by Gasteiger charge is -2.15. The minimum absolute atomic E-state index is 0.0176. The second-order valence-electron chi connectivity index (χ2n) is 7.23. The Kier molecular flexibility index (Phi) is 4.29. The van der Waals surface area contributed by atoms with Gasteiger partial charge in [0.05, 0.1) is 23.1 Å². The Labute approximate surface area is 167 Å². The third-order valence-electron chi connectivity index (χ3n) is 5.23.